The largest absolute Gasteiger partial charge is 0.126 e. The van der Waals surface area contributed by atoms with Crippen molar-refractivity contribution >= 4 is 98.0 Å². The molecule has 4 aliphatic rings. The average Bonchev–Trinajstić information content (AvgIpc) is 1.79. The van der Waals surface area contributed by atoms with Gasteiger partial charge in [-0.15, -0.1) is 0 Å². The van der Waals surface area contributed by atoms with Crippen molar-refractivity contribution in [2.45, 2.75) is 0 Å². The molecule has 11 heavy (non-hydrogen) atoms. The Balaban J connectivity index is 2.00. The topological polar surface area (TPSA) is 0 Å². The molecule has 4 fully saturated rings. The fraction of sp³-hybridized carbons (Fsp3) is 0. The number of hydrogen-bond acceptors (Lipinski definition) is 7. The van der Waals surface area contributed by atoms with Crippen LogP contribution in [0.2, 0.25) is 0 Å². The third kappa shape index (κ3) is 2.11. The smallest absolute Gasteiger partial charge is 0.0613 e. The lowest BCUT2D eigenvalue weighted by Gasteiger charge is -2.45. The van der Waals surface area contributed by atoms with Gasteiger partial charge in [0.25, 0.3) is 0 Å². The van der Waals surface area contributed by atoms with E-state index in [0.29, 0.717) is 0 Å². The molecule has 0 aromatic rings. The highest BCUT2D eigenvalue weighted by Crippen LogP contribution is 3.24. The molecule has 0 aliphatic carbocycles. The van der Waals surface area contributed by atoms with Crippen molar-refractivity contribution in [1.29, 1.82) is 0 Å². The van der Waals surface area contributed by atoms with Crippen molar-refractivity contribution < 1.29 is 0 Å². The van der Waals surface area contributed by atoms with Crippen molar-refractivity contribution in [3.63, 3.8) is 0 Å². The van der Waals surface area contributed by atoms with E-state index >= 15 is 0 Å². The molecule has 0 atom stereocenters. The van der Waals surface area contributed by atoms with Gasteiger partial charge in [0.2, 0.25) is 0 Å². The molecule has 0 saturated carbocycles. The standard InChI is InChI=1S/P4S7/c5-4-9-1-6-2(10-4)8-3(7-1)11-4. The summed E-state index contributed by atoms with van der Waals surface area (Å²) in [6.45, 7) is 0. The second-order valence-electron chi connectivity index (χ2n) is 1.61. The van der Waals surface area contributed by atoms with Crippen LogP contribution in [-0.2, 0) is 11.8 Å². The first-order valence-electron chi connectivity index (χ1n) is 2.37. The first kappa shape index (κ1) is 10.2. The van der Waals surface area contributed by atoms with E-state index in [0.717, 1.165) is 0 Å². The molecule has 0 amide bonds. The highest BCUT2D eigenvalue weighted by Gasteiger charge is 2.51. The Kier molecular flexibility index (Phi) is 3.53. The summed E-state index contributed by atoms with van der Waals surface area (Å²) in [5.41, 5.74) is 0.690. The Bertz CT molecular complexity index is 193. The van der Waals surface area contributed by atoms with Crippen LogP contribution in [0.4, 0.5) is 0 Å². The van der Waals surface area contributed by atoms with Gasteiger partial charge in [-0.3, -0.25) is 0 Å². The maximum absolute atomic E-state index is 5.70. The third-order valence-electron chi connectivity index (χ3n) is 0.900. The van der Waals surface area contributed by atoms with Crippen LogP contribution in [0.15, 0.2) is 0 Å². The van der Waals surface area contributed by atoms with E-state index in [-0.39, 0.29) is 16.6 Å². The SMILES string of the molecule is S=P12SP3SP(SP(S3)S1)S2. The lowest BCUT2D eigenvalue weighted by atomic mass is 29.0. The molecule has 0 nitrogen and oxygen atoms in total. The summed E-state index contributed by atoms with van der Waals surface area (Å²) in [5.74, 6) is 0. The Morgan fingerprint density at radius 1 is 0.818 bits per heavy atom. The summed E-state index contributed by atoms with van der Waals surface area (Å²) in [6, 6.07) is 0. The normalized spacial score (nSPS) is 60.2. The summed E-state index contributed by atoms with van der Waals surface area (Å²) in [5, 5.41) is 0. The summed E-state index contributed by atoms with van der Waals surface area (Å²) in [4.78, 5) is 0. The molecule has 0 aromatic carbocycles. The van der Waals surface area contributed by atoms with E-state index in [4.69, 9.17) is 11.8 Å². The minimum Gasteiger partial charge on any atom is -0.0613 e. The Labute approximate surface area is 96.7 Å². The molecule has 0 N–H and O–H groups in total. The van der Waals surface area contributed by atoms with Gasteiger partial charge in [0.05, 0.1) is 16.6 Å². The average molecular weight is 348 g/mol. The second kappa shape index (κ2) is 3.81. The molecule has 4 saturated heterocycles. The molecule has 0 unspecified atom stereocenters. The summed E-state index contributed by atoms with van der Waals surface area (Å²) in [7, 11) is 0. The van der Waals surface area contributed by atoms with Crippen molar-refractivity contribution in [2.75, 3.05) is 0 Å². The van der Waals surface area contributed by atoms with Gasteiger partial charge in [-0.1, -0.05) is 77.8 Å². The lowest BCUT2D eigenvalue weighted by Crippen LogP contribution is -1.73. The van der Waals surface area contributed by atoms with E-state index < -0.39 is 3.64 Å². The highest BCUT2D eigenvalue weighted by atomic mass is 34.1. The summed E-state index contributed by atoms with van der Waals surface area (Å²) in [6.07, 6.45) is 0. The monoisotopic (exact) mass is 348 g/mol. The van der Waals surface area contributed by atoms with E-state index in [2.05, 4.69) is 66.0 Å². The first-order chi connectivity index (χ1) is 5.23. The zero-order valence-electron chi connectivity index (χ0n) is 4.65. The van der Waals surface area contributed by atoms with Gasteiger partial charge >= 0.3 is 0 Å². The van der Waals surface area contributed by atoms with Crippen molar-refractivity contribution in [1.82, 2.24) is 0 Å². The lowest BCUT2D eigenvalue weighted by molar-refractivity contribution is 4.75. The summed E-state index contributed by atoms with van der Waals surface area (Å²) >= 11 is 19.0. The fourth-order valence-electron chi connectivity index (χ4n) is 0.587. The van der Waals surface area contributed by atoms with E-state index in [9.17, 15) is 0 Å². The summed E-state index contributed by atoms with van der Waals surface area (Å²) < 4.78 is -0.963. The number of rotatable bonds is 0. The van der Waals surface area contributed by atoms with Crippen LogP contribution in [0.5, 0.6) is 0 Å². The fourth-order valence-corrected chi connectivity index (χ4v) is 143. The predicted molar refractivity (Wildman–Crippen MR) is 80.6 cm³/mol. The van der Waals surface area contributed by atoms with Crippen molar-refractivity contribution in [2.24, 2.45) is 0 Å². The number of hydrogen-bond donors (Lipinski definition) is 0. The van der Waals surface area contributed by atoms with Gasteiger partial charge in [-0.2, -0.15) is 0 Å². The van der Waals surface area contributed by atoms with Crippen LogP contribution in [-0.4, -0.2) is 0 Å². The van der Waals surface area contributed by atoms with Gasteiger partial charge in [0.1, 0.15) is 3.64 Å². The molecule has 4 bridgehead atoms. The van der Waals surface area contributed by atoms with E-state index in [1.54, 1.807) is 0 Å². The third-order valence-corrected chi connectivity index (χ3v) is 72.9. The molecule has 0 aromatic heterocycles. The van der Waals surface area contributed by atoms with Crippen LogP contribution in [0, 0.1) is 0 Å². The quantitative estimate of drug-likeness (QED) is 0.415. The Morgan fingerprint density at radius 3 is 1.45 bits per heavy atom. The molecule has 62 valence electrons. The van der Waals surface area contributed by atoms with E-state index in [1.807, 2.05) is 0 Å². The molecule has 4 heterocycles. The van der Waals surface area contributed by atoms with Gasteiger partial charge in [-0.25, -0.2) is 0 Å². The van der Waals surface area contributed by atoms with Gasteiger partial charge in [0, 0.05) is 0 Å². The Morgan fingerprint density at radius 2 is 1.18 bits per heavy atom. The minimum atomic E-state index is -0.963. The van der Waals surface area contributed by atoms with Crippen LogP contribution in [0.25, 0.3) is 0 Å². The first-order valence-corrected chi connectivity index (χ1v) is 21.4. The van der Waals surface area contributed by atoms with Gasteiger partial charge in [-0.05, 0) is 0 Å². The molecule has 4 aliphatic heterocycles. The van der Waals surface area contributed by atoms with E-state index in [1.165, 1.54) is 0 Å². The predicted octanol–water partition coefficient (Wildman–Crippen LogP) is 7.33. The molecule has 4 rings (SSSR count). The minimum absolute atomic E-state index is 0.230. The molecule has 0 radical (unpaired) electrons. The molecule has 11 heteroatoms. The zero-order chi connectivity index (χ0) is 7.47. The highest BCUT2D eigenvalue weighted by molar-refractivity contribution is 9.76. The van der Waals surface area contributed by atoms with Gasteiger partial charge in [0.15, 0.2) is 0 Å². The maximum Gasteiger partial charge on any atom is 0.126 e. The van der Waals surface area contributed by atoms with Crippen LogP contribution >= 0.6 is 86.2 Å². The zero-order valence-corrected chi connectivity index (χ0v) is 13.9. The van der Waals surface area contributed by atoms with Crippen molar-refractivity contribution in [3.8, 4) is 0 Å². The Hall–Kier alpha value is 4.04. The van der Waals surface area contributed by atoms with Crippen LogP contribution in [0.1, 0.15) is 0 Å². The van der Waals surface area contributed by atoms with Crippen LogP contribution < -0.4 is 0 Å². The second-order valence-corrected chi connectivity index (χ2v) is 43.4. The molecular weight excluding hydrogens is 348 g/mol. The van der Waals surface area contributed by atoms with Crippen LogP contribution in [0.3, 0.4) is 0 Å². The molecular formula is P4S7. The van der Waals surface area contributed by atoms with Gasteiger partial charge < -0.3 is 0 Å². The molecule has 0 spiro atoms. The van der Waals surface area contributed by atoms with Crippen molar-refractivity contribution in [3.05, 3.63) is 0 Å². The maximum atomic E-state index is 5.70.